The lowest BCUT2D eigenvalue weighted by molar-refractivity contribution is 1.17. The minimum absolute atomic E-state index is 0.732. The number of hydrogen-bond donors (Lipinski definition) is 0. The first kappa shape index (κ1) is 44.9. The van der Waals surface area contributed by atoms with E-state index in [4.69, 9.17) is 9.97 Å². The smallest absolute Gasteiger partial charge is 0.160 e. The molecule has 0 saturated heterocycles. The van der Waals surface area contributed by atoms with Gasteiger partial charge in [-0.15, -0.1) is 0 Å². The molecular formula is C68H53N5. The van der Waals surface area contributed by atoms with Gasteiger partial charge in [-0.05, 0) is 176 Å². The van der Waals surface area contributed by atoms with E-state index in [0.29, 0.717) is 0 Å². The fraction of sp³-hybridized carbons (Fsp3) is 0.0588. The topological polar surface area (TPSA) is 37.2 Å². The van der Waals surface area contributed by atoms with Crippen molar-refractivity contribution in [3.8, 4) is 50.7 Å². The van der Waals surface area contributed by atoms with E-state index in [0.717, 1.165) is 90.3 Å². The summed E-state index contributed by atoms with van der Waals surface area (Å²) in [6.45, 7) is 8.70. The van der Waals surface area contributed by atoms with Crippen LogP contribution < -0.4 is 9.80 Å². The molecule has 0 saturated carbocycles. The molecule has 0 bridgehead atoms. The molecule has 0 fully saturated rings. The number of fused-ring (bicyclic) bond motifs is 3. The summed E-state index contributed by atoms with van der Waals surface area (Å²) in [6.07, 6.45) is 0. The summed E-state index contributed by atoms with van der Waals surface area (Å²) < 4.78 is 2.42. The SMILES string of the molecule is Cc1ccccc1-c1cc(-c2cc(C)c(-c3ccc(-n4c5ccc(N(c6ccccc6)c6ccccc6)cc5c5cc(N(c6ccccc6)c6ccccc6)ccc54)cc3)c(C)c2)nc(-c2ccccc2C)n1. The van der Waals surface area contributed by atoms with Crippen LogP contribution in [0.5, 0.6) is 0 Å². The van der Waals surface area contributed by atoms with Crippen LogP contribution in [0.1, 0.15) is 22.3 Å². The van der Waals surface area contributed by atoms with Crippen LogP contribution in [0.4, 0.5) is 34.1 Å². The van der Waals surface area contributed by atoms with Crippen LogP contribution in [0.3, 0.4) is 0 Å². The average molecular weight is 940 g/mol. The third-order valence-electron chi connectivity index (χ3n) is 14.1. The monoisotopic (exact) mass is 939 g/mol. The number of rotatable bonds is 11. The Labute approximate surface area is 427 Å². The lowest BCUT2D eigenvalue weighted by Crippen LogP contribution is -2.09. The maximum Gasteiger partial charge on any atom is 0.160 e. The van der Waals surface area contributed by atoms with Crippen molar-refractivity contribution in [1.82, 2.24) is 14.5 Å². The first-order chi connectivity index (χ1) is 35.9. The summed E-state index contributed by atoms with van der Waals surface area (Å²) >= 11 is 0. The summed E-state index contributed by atoms with van der Waals surface area (Å²) in [4.78, 5) is 15.1. The zero-order valence-electron chi connectivity index (χ0n) is 41.4. The zero-order valence-corrected chi connectivity index (χ0v) is 41.4. The van der Waals surface area contributed by atoms with Gasteiger partial charge >= 0.3 is 0 Å². The Bertz CT molecular complexity index is 3630. The van der Waals surface area contributed by atoms with Gasteiger partial charge in [0, 0.05) is 67.3 Å². The Morgan fingerprint density at radius 3 is 1.18 bits per heavy atom. The summed E-state index contributed by atoms with van der Waals surface area (Å²) in [7, 11) is 0. The van der Waals surface area contributed by atoms with Crippen molar-refractivity contribution in [2.24, 2.45) is 0 Å². The molecule has 2 aromatic heterocycles. The van der Waals surface area contributed by atoms with Crippen molar-refractivity contribution in [2.45, 2.75) is 27.7 Å². The van der Waals surface area contributed by atoms with Crippen molar-refractivity contribution in [2.75, 3.05) is 9.80 Å². The molecule has 5 heteroatoms. The first-order valence-corrected chi connectivity index (χ1v) is 25.0. The predicted octanol–water partition coefficient (Wildman–Crippen LogP) is 18.4. The average Bonchev–Trinajstić information content (AvgIpc) is 3.75. The fourth-order valence-corrected chi connectivity index (χ4v) is 10.6. The maximum atomic E-state index is 5.24. The van der Waals surface area contributed by atoms with Gasteiger partial charge in [0.1, 0.15) is 0 Å². The number of nitrogens with zero attached hydrogens (tertiary/aromatic N) is 5. The molecule has 0 aliphatic carbocycles. The second kappa shape index (κ2) is 19.1. The highest BCUT2D eigenvalue weighted by molar-refractivity contribution is 6.12. The quantitative estimate of drug-likeness (QED) is 0.129. The van der Waals surface area contributed by atoms with E-state index in [-0.39, 0.29) is 0 Å². The number of anilines is 6. The molecule has 0 atom stereocenters. The molecule has 0 unspecified atom stereocenters. The zero-order chi connectivity index (χ0) is 49.4. The van der Waals surface area contributed by atoms with Gasteiger partial charge < -0.3 is 14.4 Å². The molecule has 0 N–H and O–H groups in total. The van der Waals surface area contributed by atoms with Crippen LogP contribution in [0.25, 0.3) is 72.5 Å². The van der Waals surface area contributed by atoms with Gasteiger partial charge in [-0.25, -0.2) is 9.97 Å². The van der Waals surface area contributed by atoms with Crippen LogP contribution in [0.2, 0.25) is 0 Å². The maximum absolute atomic E-state index is 5.24. The molecule has 0 amide bonds. The molecule has 2 heterocycles. The molecule has 0 radical (unpaired) electrons. The molecule has 10 aromatic carbocycles. The molecule has 0 spiro atoms. The molecule has 73 heavy (non-hydrogen) atoms. The summed E-state index contributed by atoms with van der Waals surface area (Å²) in [5.74, 6) is 0.732. The third kappa shape index (κ3) is 8.51. The highest BCUT2D eigenvalue weighted by atomic mass is 15.1. The van der Waals surface area contributed by atoms with Crippen molar-refractivity contribution in [1.29, 1.82) is 0 Å². The summed E-state index contributed by atoms with van der Waals surface area (Å²) in [5.41, 5.74) is 22.1. The molecule has 5 nitrogen and oxygen atoms in total. The molecular weight excluding hydrogens is 887 g/mol. The van der Waals surface area contributed by atoms with Crippen molar-refractivity contribution in [3.05, 3.63) is 271 Å². The third-order valence-corrected chi connectivity index (χ3v) is 14.1. The van der Waals surface area contributed by atoms with E-state index in [1.165, 1.54) is 38.6 Å². The van der Waals surface area contributed by atoms with Crippen molar-refractivity contribution >= 4 is 55.9 Å². The number of aromatic nitrogens is 3. The molecule has 12 aromatic rings. The van der Waals surface area contributed by atoms with Gasteiger partial charge in [0.15, 0.2) is 5.82 Å². The van der Waals surface area contributed by atoms with Gasteiger partial charge in [0.2, 0.25) is 0 Å². The van der Waals surface area contributed by atoms with Crippen LogP contribution >= 0.6 is 0 Å². The van der Waals surface area contributed by atoms with E-state index in [9.17, 15) is 0 Å². The highest BCUT2D eigenvalue weighted by Gasteiger charge is 2.21. The summed E-state index contributed by atoms with van der Waals surface area (Å²) in [5, 5.41) is 2.33. The van der Waals surface area contributed by atoms with Gasteiger partial charge in [-0.1, -0.05) is 133 Å². The van der Waals surface area contributed by atoms with E-state index in [1.807, 2.05) is 0 Å². The number of aryl methyl sites for hydroxylation is 4. The first-order valence-electron chi connectivity index (χ1n) is 25.0. The normalized spacial score (nSPS) is 11.3. The second-order valence-electron chi connectivity index (χ2n) is 18.9. The van der Waals surface area contributed by atoms with E-state index in [1.54, 1.807) is 0 Å². The number of hydrogen-bond acceptors (Lipinski definition) is 4. The lowest BCUT2D eigenvalue weighted by Gasteiger charge is -2.26. The van der Waals surface area contributed by atoms with Gasteiger partial charge in [0.05, 0.1) is 22.4 Å². The lowest BCUT2D eigenvalue weighted by atomic mass is 9.92. The van der Waals surface area contributed by atoms with Crippen molar-refractivity contribution < 1.29 is 0 Å². The van der Waals surface area contributed by atoms with Gasteiger partial charge in [-0.3, -0.25) is 0 Å². The molecule has 12 rings (SSSR count). The highest BCUT2D eigenvalue weighted by Crippen LogP contribution is 2.43. The Hall–Kier alpha value is -9.32. The van der Waals surface area contributed by atoms with E-state index in [2.05, 4.69) is 291 Å². The standard InChI is InChI=1S/C68H53N5/c1-46-21-17-19-31-59(46)64-45-63(69-68(70-64)60-32-20-18-22-47(60)2)51-41-48(3)67(49(4)42-51)50-33-35-56(36-34-50)73-65-39-37-57(71(52-23-9-5-10-24-52)53-25-11-6-12-26-53)43-61(65)62-44-58(38-40-66(62)73)72(54-27-13-7-14-28-54)55-29-15-8-16-30-55/h5-45H,1-4H3. The van der Waals surface area contributed by atoms with Gasteiger partial charge in [0.25, 0.3) is 0 Å². The predicted molar refractivity (Wildman–Crippen MR) is 306 cm³/mol. The van der Waals surface area contributed by atoms with Crippen LogP contribution in [0, 0.1) is 27.7 Å². The Morgan fingerprint density at radius 1 is 0.315 bits per heavy atom. The largest absolute Gasteiger partial charge is 0.310 e. The van der Waals surface area contributed by atoms with E-state index < -0.39 is 0 Å². The van der Waals surface area contributed by atoms with E-state index >= 15 is 0 Å². The second-order valence-corrected chi connectivity index (χ2v) is 18.9. The minimum Gasteiger partial charge on any atom is -0.310 e. The molecule has 0 aliphatic heterocycles. The van der Waals surface area contributed by atoms with Crippen molar-refractivity contribution in [3.63, 3.8) is 0 Å². The van der Waals surface area contributed by atoms with Gasteiger partial charge in [-0.2, -0.15) is 0 Å². The van der Waals surface area contributed by atoms with Crippen LogP contribution in [-0.4, -0.2) is 14.5 Å². The number of para-hydroxylation sites is 4. The fourth-order valence-electron chi connectivity index (χ4n) is 10.6. The number of benzene rings is 10. The minimum atomic E-state index is 0.732. The molecule has 0 aliphatic rings. The summed E-state index contributed by atoms with van der Waals surface area (Å²) in [6, 6.07) is 89.0. The Balaban J connectivity index is 0.978. The van der Waals surface area contributed by atoms with Crippen LogP contribution in [0.15, 0.2) is 249 Å². The Morgan fingerprint density at radius 2 is 0.726 bits per heavy atom. The van der Waals surface area contributed by atoms with Crippen LogP contribution in [-0.2, 0) is 0 Å². The Kier molecular flexibility index (Phi) is 11.7. The molecule has 350 valence electrons.